The summed E-state index contributed by atoms with van der Waals surface area (Å²) < 4.78 is 11.2. The molecule has 2 N–H and O–H groups in total. The summed E-state index contributed by atoms with van der Waals surface area (Å²) in [6.45, 7) is 4.53. The Bertz CT molecular complexity index is 366. The van der Waals surface area contributed by atoms with Gasteiger partial charge in [-0.3, -0.25) is 4.98 Å². The van der Waals surface area contributed by atoms with Crippen molar-refractivity contribution < 1.29 is 9.47 Å². The molecule has 0 saturated carbocycles. The Balaban J connectivity index is 1.84. The van der Waals surface area contributed by atoms with E-state index in [-0.39, 0.29) is 6.10 Å². The first-order valence-corrected chi connectivity index (χ1v) is 5.57. The molecule has 0 radical (unpaired) electrons. The highest BCUT2D eigenvalue weighted by atomic mass is 16.7. The quantitative estimate of drug-likeness (QED) is 0.846. The van der Waals surface area contributed by atoms with Crippen molar-refractivity contribution in [3.63, 3.8) is 0 Å². The Kier molecular flexibility index (Phi) is 3.12. The minimum absolute atomic E-state index is 0.165. The molecule has 1 aliphatic heterocycles. The number of nitrogen functional groups attached to an aromatic ring is 1. The van der Waals surface area contributed by atoms with E-state index in [1.54, 1.807) is 12.3 Å². The number of rotatable bonds is 3. The number of nitrogens with zero attached hydrogens (tertiary/aromatic N) is 1. The zero-order chi connectivity index (χ0) is 11.6. The predicted octanol–water partition coefficient (Wildman–Crippen LogP) is 1.75. The summed E-state index contributed by atoms with van der Waals surface area (Å²) in [5, 5.41) is 0. The molecule has 1 aromatic rings. The fraction of sp³-hybridized carbons (Fsp3) is 0.583. The molecule has 0 bridgehead atoms. The van der Waals surface area contributed by atoms with E-state index in [0.717, 1.165) is 24.2 Å². The second-order valence-electron chi connectivity index (χ2n) is 4.57. The third-order valence-corrected chi connectivity index (χ3v) is 2.63. The van der Waals surface area contributed by atoms with Crippen LogP contribution in [-0.4, -0.2) is 23.5 Å². The summed E-state index contributed by atoms with van der Waals surface area (Å²) in [5.74, 6) is -0.437. The van der Waals surface area contributed by atoms with Gasteiger partial charge in [-0.15, -0.1) is 0 Å². The molecule has 1 atom stereocenters. The SMILES string of the molecule is CC1(C)OC[C@H](CCc2cc(N)ccn2)O1. The lowest BCUT2D eigenvalue weighted by molar-refractivity contribution is -0.138. The Morgan fingerprint density at radius 3 is 3.00 bits per heavy atom. The van der Waals surface area contributed by atoms with Gasteiger partial charge in [0.1, 0.15) is 0 Å². The second kappa shape index (κ2) is 4.39. The summed E-state index contributed by atoms with van der Waals surface area (Å²) in [4.78, 5) is 4.26. The molecule has 1 saturated heterocycles. The van der Waals surface area contributed by atoms with Crippen LogP contribution in [0, 0.1) is 0 Å². The van der Waals surface area contributed by atoms with Crippen LogP contribution in [0.4, 0.5) is 5.69 Å². The van der Waals surface area contributed by atoms with Crippen molar-refractivity contribution in [2.75, 3.05) is 12.3 Å². The molecule has 1 fully saturated rings. The minimum Gasteiger partial charge on any atom is -0.399 e. The average molecular weight is 222 g/mol. The molecule has 4 heteroatoms. The van der Waals surface area contributed by atoms with Crippen LogP contribution in [0.5, 0.6) is 0 Å². The van der Waals surface area contributed by atoms with Gasteiger partial charge in [-0.25, -0.2) is 0 Å². The number of hydrogen-bond acceptors (Lipinski definition) is 4. The Hall–Kier alpha value is -1.13. The maximum absolute atomic E-state index is 5.72. The van der Waals surface area contributed by atoms with Crippen LogP contribution in [0.2, 0.25) is 0 Å². The van der Waals surface area contributed by atoms with Crippen LogP contribution >= 0.6 is 0 Å². The van der Waals surface area contributed by atoms with Crippen molar-refractivity contribution in [2.24, 2.45) is 0 Å². The molecular weight excluding hydrogens is 204 g/mol. The highest BCUT2D eigenvalue weighted by Gasteiger charge is 2.32. The van der Waals surface area contributed by atoms with Crippen molar-refractivity contribution in [1.29, 1.82) is 0 Å². The highest BCUT2D eigenvalue weighted by Crippen LogP contribution is 2.24. The molecule has 4 nitrogen and oxygen atoms in total. The largest absolute Gasteiger partial charge is 0.399 e. The minimum atomic E-state index is -0.437. The first kappa shape index (κ1) is 11.4. The molecule has 2 rings (SSSR count). The lowest BCUT2D eigenvalue weighted by atomic mass is 10.1. The fourth-order valence-corrected chi connectivity index (χ4v) is 1.85. The van der Waals surface area contributed by atoms with E-state index in [9.17, 15) is 0 Å². The predicted molar refractivity (Wildman–Crippen MR) is 61.9 cm³/mol. The van der Waals surface area contributed by atoms with E-state index in [2.05, 4.69) is 4.98 Å². The van der Waals surface area contributed by atoms with Gasteiger partial charge in [0, 0.05) is 17.6 Å². The van der Waals surface area contributed by atoms with Crippen molar-refractivity contribution in [3.05, 3.63) is 24.0 Å². The molecule has 0 aromatic carbocycles. The molecule has 0 spiro atoms. The number of pyridine rings is 1. The van der Waals surface area contributed by atoms with Crippen LogP contribution in [0.3, 0.4) is 0 Å². The first-order chi connectivity index (χ1) is 7.55. The number of hydrogen-bond donors (Lipinski definition) is 1. The van der Waals surface area contributed by atoms with Crippen molar-refractivity contribution in [1.82, 2.24) is 4.98 Å². The van der Waals surface area contributed by atoms with Crippen molar-refractivity contribution >= 4 is 5.69 Å². The number of anilines is 1. The summed E-state index contributed by atoms with van der Waals surface area (Å²) in [7, 11) is 0. The molecule has 0 amide bonds. The van der Waals surface area contributed by atoms with Gasteiger partial charge in [0.15, 0.2) is 5.79 Å². The van der Waals surface area contributed by atoms with Crippen molar-refractivity contribution in [2.45, 2.75) is 38.6 Å². The molecule has 2 heterocycles. The van der Waals surface area contributed by atoms with Gasteiger partial charge in [-0.1, -0.05) is 0 Å². The average Bonchev–Trinajstić information content (AvgIpc) is 2.56. The van der Waals surface area contributed by atoms with Gasteiger partial charge in [-0.2, -0.15) is 0 Å². The van der Waals surface area contributed by atoms with E-state index >= 15 is 0 Å². The monoisotopic (exact) mass is 222 g/mol. The van der Waals surface area contributed by atoms with Crippen LogP contribution in [0.15, 0.2) is 18.3 Å². The molecular formula is C12H18N2O2. The molecule has 16 heavy (non-hydrogen) atoms. The van der Waals surface area contributed by atoms with Crippen LogP contribution in [0.1, 0.15) is 26.0 Å². The van der Waals surface area contributed by atoms with E-state index < -0.39 is 5.79 Å². The topological polar surface area (TPSA) is 57.4 Å². The van der Waals surface area contributed by atoms with Crippen molar-refractivity contribution in [3.8, 4) is 0 Å². The highest BCUT2D eigenvalue weighted by molar-refractivity contribution is 5.37. The summed E-state index contributed by atoms with van der Waals surface area (Å²) in [6.07, 6.45) is 3.69. The van der Waals surface area contributed by atoms with Gasteiger partial charge >= 0.3 is 0 Å². The first-order valence-electron chi connectivity index (χ1n) is 5.57. The third kappa shape index (κ3) is 2.93. The van der Waals surface area contributed by atoms with E-state index in [4.69, 9.17) is 15.2 Å². The van der Waals surface area contributed by atoms with Gasteiger partial charge in [0.2, 0.25) is 0 Å². The number of aryl methyl sites for hydroxylation is 1. The third-order valence-electron chi connectivity index (χ3n) is 2.63. The Morgan fingerprint density at radius 2 is 2.38 bits per heavy atom. The molecule has 1 aliphatic rings. The summed E-state index contributed by atoms with van der Waals surface area (Å²) >= 11 is 0. The van der Waals surface area contributed by atoms with Crippen LogP contribution < -0.4 is 5.73 Å². The Morgan fingerprint density at radius 1 is 1.56 bits per heavy atom. The lowest BCUT2D eigenvalue weighted by Crippen LogP contribution is -2.21. The van der Waals surface area contributed by atoms with E-state index in [1.807, 2.05) is 19.9 Å². The summed E-state index contributed by atoms with van der Waals surface area (Å²) in [6, 6.07) is 3.70. The Labute approximate surface area is 95.8 Å². The normalized spacial score (nSPS) is 23.5. The number of ether oxygens (including phenoxy) is 2. The zero-order valence-corrected chi connectivity index (χ0v) is 9.77. The maximum atomic E-state index is 5.72. The maximum Gasteiger partial charge on any atom is 0.163 e. The van der Waals surface area contributed by atoms with Gasteiger partial charge in [0.05, 0.1) is 12.7 Å². The number of nitrogens with two attached hydrogens (primary N) is 1. The number of aromatic nitrogens is 1. The molecule has 0 aliphatic carbocycles. The van der Waals surface area contributed by atoms with E-state index in [1.165, 1.54) is 0 Å². The molecule has 1 aromatic heterocycles. The standard InChI is InChI=1S/C12H18N2O2/c1-12(2)15-8-11(16-12)4-3-10-7-9(13)5-6-14-10/h5-7,11H,3-4,8H2,1-2H3,(H2,13,14)/t11-/m0/s1. The smallest absolute Gasteiger partial charge is 0.163 e. The van der Waals surface area contributed by atoms with Gasteiger partial charge < -0.3 is 15.2 Å². The van der Waals surface area contributed by atoms with Gasteiger partial charge in [-0.05, 0) is 38.8 Å². The fourth-order valence-electron chi connectivity index (χ4n) is 1.85. The molecule has 88 valence electrons. The van der Waals surface area contributed by atoms with Crippen LogP contribution in [-0.2, 0) is 15.9 Å². The zero-order valence-electron chi connectivity index (χ0n) is 9.77. The summed E-state index contributed by atoms with van der Waals surface area (Å²) in [5.41, 5.74) is 7.46. The van der Waals surface area contributed by atoms with E-state index in [0.29, 0.717) is 6.61 Å². The second-order valence-corrected chi connectivity index (χ2v) is 4.57. The lowest BCUT2D eigenvalue weighted by Gasteiger charge is -2.16. The van der Waals surface area contributed by atoms with Crippen LogP contribution in [0.25, 0.3) is 0 Å². The van der Waals surface area contributed by atoms with Gasteiger partial charge in [0.25, 0.3) is 0 Å². The molecule has 0 unspecified atom stereocenters.